The molecule has 0 spiro atoms. The molecule has 1 aliphatic heterocycles. The van der Waals surface area contributed by atoms with Crippen LogP contribution in [0.25, 0.3) is 0 Å². The van der Waals surface area contributed by atoms with Crippen molar-refractivity contribution in [1.82, 2.24) is 5.32 Å². The van der Waals surface area contributed by atoms with Crippen molar-refractivity contribution in [1.29, 1.82) is 0 Å². The van der Waals surface area contributed by atoms with Crippen LogP contribution in [-0.4, -0.2) is 18.9 Å². The topological polar surface area (TPSA) is 29.1 Å². The Morgan fingerprint density at radius 2 is 2.27 bits per heavy atom. The highest BCUT2D eigenvalue weighted by atomic mass is 16.1. The highest BCUT2D eigenvalue weighted by molar-refractivity contribution is 5.85. The van der Waals surface area contributed by atoms with Gasteiger partial charge in [0.05, 0.1) is 0 Å². The zero-order valence-electron chi connectivity index (χ0n) is 7.44. The molecule has 1 fully saturated rings. The summed E-state index contributed by atoms with van der Waals surface area (Å²) in [5.41, 5.74) is -0.00521. The van der Waals surface area contributed by atoms with Gasteiger partial charge in [0, 0.05) is 18.4 Å². The van der Waals surface area contributed by atoms with Gasteiger partial charge >= 0.3 is 0 Å². The zero-order chi connectivity index (χ0) is 8.32. The van der Waals surface area contributed by atoms with E-state index in [0.717, 1.165) is 25.9 Å². The lowest BCUT2D eigenvalue weighted by Gasteiger charge is -2.23. The molecule has 0 aromatic rings. The summed E-state index contributed by atoms with van der Waals surface area (Å²) < 4.78 is 0. The van der Waals surface area contributed by atoms with Crippen molar-refractivity contribution in [3.63, 3.8) is 0 Å². The maximum absolute atomic E-state index is 11.5. The van der Waals surface area contributed by atoms with Crippen molar-refractivity contribution in [2.45, 2.75) is 33.1 Å². The average Bonchev–Trinajstić information content (AvgIpc) is 2.52. The number of nitrogens with one attached hydrogen (secondary N) is 1. The van der Waals surface area contributed by atoms with Gasteiger partial charge in [-0.2, -0.15) is 0 Å². The van der Waals surface area contributed by atoms with E-state index in [0.29, 0.717) is 12.2 Å². The van der Waals surface area contributed by atoms with Crippen molar-refractivity contribution in [3.8, 4) is 0 Å². The van der Waals surface area contributed by atoms with Crippen molar-refractivity contribution in [2.24, 2.45) is 5.41 Å². The molecule has 1 heterocycles. The van der Waals surface area contributed by atoms with Crippen molar-refractivity contribution in [2.75, 3.05) is 13.1 Å². The number of Topliss-reactive ketones (excluding diaryl/α,β-unsaturated/α-hetero) is 1. The molecule has 0 radical (unpaired) electrons. The molecule has 0 amide bonds. The summed E-state index contributed by atoms with van der Waals surface area (Å²) in [5.74, 6) is 0.435. The van der Waals surface area contributed by atoms with Gasteiger partial charge in [0.15, 0.2) is 0 Å². The molecule has 11 heavy (non-hydrogen) atoms. The number of carbonyl (C=O) groups excluding carboxylic acids is 1. The predicted octanol–water partition coefficient (Wildman–Crippen LogP) is 1.36. The van der Waals surface area contributed by atoms with E-state index in [2.05, 4.69) is 12.2 Å². The number of carbonyl (C=O) groups is 1. The molecule has 0 aromatic carbocycles. The third kappa shape index (κ3) is 1.45. The molecule has 1 aliphatic rings. The van der Waals surface area contributed by atoms with Crippen molar-refractivity contribution < 1.29 is 4.79 Å². The smallest absolute Gasteiger partial charge is 0.140 e. The van der Waals surface area contributed by atoms with Crippen LogP contribution in [0.1, 0.15) is 33.1 Å². The van der Waals surface area contributed by atoms with Crippen LogP contribution < -0.4 is 5.32 Å². The first-order valence-electron chi connectivity index (χ1n) is 4.49. The Bertz CT molecular complexity index is 148. The second-order valence-corrected chi connectivity index (χ2v) is 3.34. The van der Waals surface area contributed by atoms with Gasteiger partial charge in [0.25, 0.3) is 0 Å². The first-order valence-corrected chi connectivity index (χ1v) is 4.49. The van der Waals surface area contributed by atoms with Crippen LogP contribution in [0.4, 0.5) is 0 Å². The molecule has 1 saturated heterocycles. The van der Waals surface area contributed by atoms with Gasteiger partial charge in [0.1, 0.15) is 5.78 Å². The molecule has 0 aromatic heterocycles. The predicted molar refractivity (Wildman–Crippen MR) is 45.5 cm³/mol. The van der Waals surface area contributed by atoms with Gasteiger partial charge in [-0.15, -0.1) is 0 Å². The highest BCUT2D eigenvalue weighted by Gasteiger charge is 2.37. The van der Waals surface area contributed by atoms with E-state index >= 15 is 0 Å². The maximum Gasteiger partial charge on any atom is 0.140 e. The Morgan fingerprint density at radius 3 is 2.64 bits per heavy atom. The molecule has 0 aliphatic carbocycles. The van der Waals surface area contributed by atoms with Crippen LogP contribution in [0.3, 0.4) is 0 Å². The molecule has 2 nitrogen and oxygen atoms in total. The average molecular weight is 155 g/mol. The number of ketones is 1. The molecule has 2 heteroatoms. The van der Waals surface area contributed by atoms with E-state index < -0.39 is 0 Å². The first-order chi connectivity index (χ1) is 5.25. The van der Waals surface area contributed by atoms with Gasteiger partial charge in [0.2, 0.25) is 0 Å². The van der Waals surface area contributed by atoms with Crippen molar-refractivity contribution in [3.05, 3.63) is 0 Å². The van der Waals surface area contributed by atoms with Crippen LogP contribution in [0.2, 0.25) is 0 Å². The Hall–Kier alpha value is -0.370. The second-order valence-electron chi connectivity index (χ2n) is 3.34. The van der Waals surface area contributed by atoms with E-state index in [1.165, 1.54) is 0 Å². The third-order valence-corrected chi connectivity index (χ3v) is 2.83. The largest absolute Gasteiger partial charge is 0.316 e. The molecular weight excluding hydrogens is 138 g/mol. The van der Waals surface area contributed by atoms with Crippen LogP contribution in [0, 0.1) is 5.41 Å². The summed E-state index contributed by atoms with van der Waals surface area (Å²) >= 11 is 0. The number of hydrogen-bond donors (Lipinski definition) is 1. The van der Waals surface area contributed by atoms with Crippen LogP contribution in [0.15, 0.2) is 0 Å². The maximum atomic E-state index is 11.5. The van der Waals surface area contributed by atoms with Gasteiger partial charge < -0.3 is 5.32 Å². The molecule has 64 valence electrons. The Kier molecular flexibility index (Phi) is 2.66. The fourth-order valence-electron chi connectivity index (χ4n) is 1.86. The Morgan fingerprint density at radius 1 is 1.55 bits per heavy atom. The minimum absolute atomic E-state index is 0.00521. The Balaban J connectivity index is 2.66. The number of hydrogen-bond acceptors (Lipinski definition) is 2. The van der Waals surface area contributed by atoms with Crippen LogP contribution in [0.5, 0.6) is 0 Å². The lowest BCUT2D eigenvalue weighted by molar-refractivity contribution is -0.127. The molecule has 1 rings (SSSR count). The standard InChI is InChI=1S/C9H17NO/c1-3-8(11)9(4-2)5-6-10-7-9/h10H,3-7H2,1-2H3. The molecule has 1 atom stereocenters. The van der Waals surface area contributed by atoms with Crippen LogP contribution in [-0.2, 0) is 4.79 Å². The molecule has 0 saturated carbocycles. The van der Waals surface area contributed by atoms with E-state index in [1.807, 2.05) is 6.92 Å². The first kappa shape index (κ1) is 8.72. The van der Waals surface area contributed by atoms with E-state index in [9.17, 15) is 4.79 Å². The summed E-state index contributed by atoms with van der Waals surface area (Å²) in [5, 5.41) is 3.26. The quantitative estimate of drug-likeness (QED) is 0.666. The van der Waals surface area contributed by atoms with E-state index in [-0.39, 0.29) is 5.41 Å². The molecule has 1 unspecified atom stereocenters. The van der Waals surface area contributed by atoms with Gasteiger partial charge in [-0.3, -0.25) is 4.79 Å². The monoisotopic (exact) mass is 155 g/mol. The highest BCUT2D eigenvalue weighted by Crippen LogP contribution is 2.31. The lowest BCUT2D eigenvalue weighted by atomic mass is 9.79. The Labute approximate surface area is 68.4 Å². The molecule has 0 bridgehead atoms. The van der Waals surface area contributed by atoms with E-state index in [1.54, 1.807) is 0 Å². The van der Waals surface area contributed by atoms with Crippen molar-refractivity contribution >= 4 is 5.78 Å². The molecule has 1 N–H and O–H groups in total. The van der Waals surface area contributed by atoms with Crippen LogP contribution >= 0.6 is 0 Å². The van der Waals surface area contributed by atoms with Gasteiger partial charge in [-0.25, -0.2) is 0 Å². The lowest BCUT2D eigenvalue weighted by Crippen LogP contribution is -2.32. The van der Waals surface area contributed by atoms with E-state index in [4.69, 9.17) is 0 Å². The fraction of sp³-hybridized carbons (Fsp3) is 0.889. The summed E-state index contributed by atoms with van der Waals surface area (Å²) in [6, 6.07) is 0. The van der Waals surface area contributed by atoms with Gasteiger partial charge in [-0.05, 0) is 19.4 Å². The zero-order valence-corrected chi connectivity index (χ0v) is 7.44. The molecular formula is C9H17NO. The summed E-state index contributed by atoms with van der Waals surface area (Å²) in [6.45, 7) is 5.98. The number of rotatable bonds is 3. The normalized spacial score (nSPS) is 30.7. The minimum atomic E-state index is -0.00521. The summed E-state index contributed by atoms with van der Waals surface area (Å²) in [7, 11) is 0. The van der Waals surface area contributed by atoms with Gasteiger partial charge in [-0.1, -0.05) is 13.8 Å². The fourth-order valence-corrected chi connectivity index (χ4v) is 1.86. The summed E-state index contributed by atoms with van der Waals surface area (Å²) in [4.78, 5) is 11.5. The third-order valence-electron chi connectivity index (χ3n) is 2.83. The second kappa shape index (κ2) is 3.35. The summed E-state index contributed by atoms with van der Waals surface area (Å²) in [6.07, 6.45) is 2.72. The minimum Gasteiger partial charge on any atom is -0.316 e. The SMILES string of the molecule is CCC(=O)C1(CC)CCNC1.